The van der Waals surface area contributed by atoms with Crippen LogP contribution in [0.3, 0.4) is 0 Å². The Balaban J connectivity index is 2.30. The largest absolute Gasteiger partial charge is 0.398 e. The second-order valence-electron chi connectivity index (χ2n) is 4.60. The molecule has 6 heteroatoms. The highest BCUT2D eigenvalue weighted by Crippen LogP contribution is 2.26. The quantitative estimate of drug-likeness (QED) is 0.858. The molecule has 0 saturated heterocycles. The number of aromatic nitrogens is 4. The highest BCUT2D eigenvalue weighted by atomic mass is 79.9. The van der Waals surface area contributed by atoms with Crippen LogP contribution in [0.4, 0.5) is 5.69 Å². The van der Waals surface area contributed by atoms with Crippen LogP contribution in [0.15, 0.2) is 22.7 Å². The first kappa shape index (κ1) is 14.0. The first-order chi connectivity index (χ1) is 9.15. The fraction of sp³-hybridized carbons (Fsp3) is 0.462. The zero-order chi connectivity index (χ0) is 13.8. The molecule has 1 heterocycles. The smallest absolute Gasteiger partial charge is 0.182 e. The summed E-state index contributed by atoms with van der Waals surface area (Å²) in [4.78, 5) is 0. The van der Waals surface area contributed by atoms with E-state index < -0.39 is 0 Å². The van der Waals surface area contributed by atoms with Gasteiger partial charge >= 0.3 is 0 Å². The molecule has 0 unspecified atom stereocenters. The van der Waals surface area contributed by atoms with E-state index in [1.807, 2.05) is 22.9 Å². The van der Waals surface area contributed by atoms with E-state index in [0.717, 1.165) is 35.2 Å². The minimum absolute atomic E-state index is 0.593. The zero-order valence-corrected chi connectivity index (χ0v) is 12.8. The SMILES string of the molecule is CCC(CC)Cn1nnnc1-c1ccc(Br)c(N)c1. The number of nitrogens with two attached hydrogens (primary N) is 1. The van der Waals surface area contributed by atoms with E-state index in [1.165, 1.54) is 0 Å². The molecule has 0 radical (unpaired) electrons. The normalized spacial score (nSPS) is 11.2. The van der Waals surface area contributed by atoms with Crippen LogP contribution in [-0.2, 0) is 6.54 Å². The Bertz CT molecular complexity index is 548. The number of hydrogen-bond acceptors (Lipinski definition) is 4. The average Bonchev–Trinajstić information content (AvgIpc) is 2.87. The molecule has 0 bridgehead atoms. The standard InChI is InChI=1S/C13H18BrN5/c1-3-9(4-2)8-19-13(16-17-18-19)10-5-6-11(14)12(15)7-10/h5-7,9H,3-4,8,15H2,1-2H3. The second-order valence-corrected chi connectivity index (χ2v) is 5.46. The van der Waals surface area contributed by atoms with E-state index in [9.17, 15) is 0 Å². The zero-order valence-electron chi connectivity index (χ0n) is 11.2. The molecule has 0 amide bonds. The third-order valence-electron chi connectivity index (χ3n) is 3.37. The Morgan fingerprint density at radius 3 is 2.68 bits per heavy atom. The predicted octanol–water partition coefficient (Wildman–Crippen LogP) is 3.12. The highest BCUT2D eigenvalue weighted by molar-refractivity contribution is 9.10. The van der Waals surface area contributed by atoms with Crippen molar-refractivity contribution in [1.29, 1.82) is 0 Å². The third-order valence-corrected chi connectivity index (χ3v) is 4.09. The molecule has 0 aliphatic heterocycles. The molecular weight excluding hydrogens is 306 g/mol. The Hall–Kier alpha value is -1.43. The van der Waals surface area contributed by atoms with Crippen LogP contribution >= 0.6 is 15.9 Å². The number of nitrogen functional groups attached to an aromatic ring is 1. The topological polar surface area (TPSA) is 69.6 Å². The van der Waals surface area contributed by atoms with Crippen LogP contribution in [-0.4, -0.2) is 20.2 Å². The van der Waals surface area contributed by atoms with Gasteiger partial charge in [-0.3, -0.25) is 0 Å². The van der Waals surface area contributed by atoms with E-state index in [4.69, 9.17) is 5.73 Å². The van der Waals surface area contributed by atoms with Crippen molar-refractivity contribution in [2.75, 3.05) is 5.73 Å². The first-order valence-corrected chi connectivity index (χ1v) is 7.26. The summed E-state index contributed by atoms with van der Waals surface area (Å²) in [6, 6.07) is 5.77. The minimum Gasteiger partial charge on any atom is -0.398 e. The van der Waals surface area contributed by atoms with Crippen molar-refractivity contribution in [3.63, 3.8) is 0 Å². The Morgan fingerprint density at radius 2 is 2.05 bits per heavy atom. The van der Waals surface area contributed by atoms with Crippen molar-refractivity contribution in [2.24, 2.45) is 5.92 Å². The van der Waals surface area contributed by atoms with Crippen LogP contribution in [0.2, 0.25) is 0 Å². The van der Waals surface area contributed by atoms with Gasteiger partial charge in [0.2, 0.25) is 0 Å². The summed E-state index contributed by atoms with van der Waals surface area (Å²) in [5, 5.41) is 12.0. The molecule has 2 aromatic rings. The first-order valence-electron chi connectivity index (χ1n) is 6.47. The van der Waals surface area contributed by atoms with Gasteiger partial charge < -0.3 is 5.73 Å². The second kappa shape index (κ2) is 6.14. The van der Waals surface area contributed by atoms with Gasteiger partial charge in [-0.15, -0.1) is 5.10 Å². The Kier molecular flexibility index (Phi) is 4.52. The molecule has 5 nitrogen and oxygen atoms in total. The van der Waals surface area contributed by atoms with Gasteiger partial charge in [0.1, 0.15) is 0 Å². The van der Waals surface area contributed by atoms with Gasteiger partial charge in [0.15, 0.2) is 5.82 Å². The van der Waals surface area contributed by atoms with Crippen molar-refractivity contribution in [3.8, 4) is 11.4 Å². The number of hydrogen-bond donors (Lipinski definition) is 1. The lowest BCUT2D eigenvalue weighted by Gasteiger charge is -2.13. The molecule has 0 fully saturated rings. The maximum atomic E-state index is 5.91. The predicted molar refractivity (Wildman–Crippen MR) is 79.4 cm³/mol. The number of anilines is 1. The molecule has 2 N–H and O–H groups in total. The molecular formula is C13H18BrN5. The lowest BCUT2D eigenvalue weighted by atomic mass is 10.0. The van der Waals surface area contributed by atoms with E-state index in [-0.39, 0.29) is 0 Å². The summed E-state index contributed by atoms with van der Waals surface area (Å²) < 4.78 is 2.75. The van der Waals surface area contributed by atoms with E-state index in [2.05, 4.69) is 45.3 Å². The molecule has 0 atom stereocenters. The van der Waals surface area contributed by atoms with Gasteiger partial charge in [0.25, 0.3) is 0 Å². The molecule has 0 saturated carbocycles. The van der Waals surface area contributed by atoms with Gasteiger partial charge in [-0.2, -0.15) is 0 Å². The number of benzene rings is 1. The Morgan fingerprint density at radius 1 is 1.32 bits per heavy atom. The van der Waals surface area contributed by atoms with Crippen molar-refractivity contribution in [2.45, 2.75) is 33.2 Å². The van der Waals surface area contributed by atoms with Crippen molar-refractivity contribution in [1.82, 2.24) is 20.2 Å². The molecule has 0 aliphatic rings. The molecule has 2 rings (SSSR count). The van der Waals surface area contributed by atoms with Gasteiger partial charge in [-0.05, 0) is 50.5 Å². The summed E-state index contributed by atoms with van der Waals surface area (Å²) in [6.45, 7) is 5.22. The number of nitrogens with zero attached hydrogens (tertiary/aromatic N) is 4. The lowest BCUT2D eigenvalue weighted by molar-refractivity contribution is 0.392. The summed E-state index contributed by atoms with van der Waals surface area (Å²) in [5.41, 5.74) is 7.54. The van der Waals surface area contributed by atoms with E-state index in [0.29, 0.717) is 11.6 Å². The lowest BCUT2D eigenvalue weighted by Crippen LogP contribution is -2.12. The van der Waals surface area contributed by atoms with Gasteiger partial charge in [-0.1, -0.05) is 26.7 Å². The fourth-order valence-corrected chi connectivity index (χ4v) is 2.26. The monoisotopic (exact) mass is 323 g/mol. The van der Waals surface area contributed by atoms with E-state index in [1.54, 1.807) is 0 Å². The van der Waals surface area contributed by atoms with Crippen molar-refractivity contribution >= 4 is 21.6 Å². The maximum absolute atomic E-state index is 5.91. The number of halogens is 1. The number of rotatable bonds is 5. The maximum Gasteiger partial charge on any atom is 0.182 e. The molecule has 1 aromatic carbocycles. The van der Waals surface area contributed by atoms with E-state index >= 15 is 0 Å². The molecule has 0 spiro atoms. The summed E-state index contributed by atoms with van der Waals surface area (Å²) in [7, 11) is 0. The summed E-state index contributed by atoms with van der Waals surface area (Å²) in [5.74, 6) is 1.36. The third kappa shape index (κ3) is 3.12. The van der Waals surface area contributed by atoms with Crippen molar-refractivity contribution in [3.05, 3.63) is 22.7 Å². The van der Waals surface area contributed by atoms with Crippen LogP contribution in [0, 0.1) is 5.92 Å². The summed E-state index contributed by atoms with van der Waals surface area (Å²) in [6.07, 6.45) is 2.25. The summed E-state index contributed by atoms with van der Waals surface area (Å²) >= 11 is 3.39. The van der Waals surface area contributed by atoms with Gasteiger partial charge in [0, 0.05) is 22.3 Å². The van der Waals surface area contributed by atoms with Gasteiger partial charge in [0.05, 0.1) is 0 Å². The van der Waals surface area contributed by atoms with Crippen molar-refractivity contribution < 1.29 is 0 Å². The Labute approximate surface area is 121 Å². The highest BCUT2D eigenvalue weighted by Gasteiger charge is 2.13. The molecule has 0 aliphatic carbocycles. The van der Waals surface area contributed by atoms with Crippen LogP contribution in [0.1, 0.15) is 26.7 Å². The average molecular weight is 324 g/mol. The molecule has 19 heavy (non-hydrogen) atoms. The minimum atomic E-state index is 0.593. The fourth-order valence-electron chi connectivity index (χ4n) is 2.01. The van der Waals surface area contributed by atoms with Gasteiger partial charge in [-0.25, -0.2) is 4.68 Å². The molecule has 102 valence electrons. The number of tetrazole rings is 1. The van der Waals surface area contributed by atoms with Crippen LogP contribution in [0.5, 0.6) is 0 Å². The van der Waals surface area contributed by atoms with Crippen LogP contribution < -0.4 is 5.73 Å². The van der Waals surface area contributed by atoms with Crippen LogP contribution in [0.25, 0.3) is 11.4 Å². The molecule has 1 aromatic heterocycles.